The van der Waals surface area contributed by atoms with Crippen LogP contribution in [-0.4, -0.2) is 44.3 Å². The Balaban J connectivity index is 2.22. The maximum atomic E-state index is 12.4. The van der Waals surface area contributed by atoms with Crippen LogP contribution in [0.4, 0.5) is 0 Å². The molecule has 0 radical (unpaired) electrons. The lowest BCUT2D eigenvalue weighted by Gasteiger charge is -2.20. The number of benzene rings is 1. The molecule has 1 aliphatic heterocycles. The summed E-state index contributed by atoms with van der Waals surface area (Å²) in [5.74, 6) is -0.334. The number of nitrogens with one attached hydrogen (secondary N) is 1. The molecule has 6 nitrogen and oxygen atoms in total. The van der Waals surface area contributed by atoms with Gasteiger partial charge in [-0.15, -0.1) is 0 Å². The van der Waals surface area contributed by atoms with E-state index in [1.807, 2.05) is 18.2 Å². The quantitative estimate of drug-likeness (QED) is 0.827. The van der Waals surface area contributed by atoms with Crippen molar-refractivity contribution in [2.45, 2.75) is 18.5 Å². The average molecular weight is 309 g/mol. The fourth-order valence-electron chi connectivity index (χ4n) is 2.33. The van der Waals surface area contributed by atoms with Crippen molar-refractivity contribution in [3.63, 3.8) is 0 Å². The van der Waals surface area contributed by atoms with Gasteiger partial charge in [-0.1, -0.05) is 30.3 Å². The van der Waals surface area contributed by atoms with Gasteiger partial charge in [0.15, 0.2) is 0 Å². The number of sulfonamides is 1. The average Bonchev–Trinajstić information content (AvgIpc) is 2.88. The summed E-state index contributed by atoms with van der Waals surface area (Å²) < 4.78 is 25.9. The van der Waals surface area contributed by atoms with Gasteiger partial charge in [0.05, 0.1) is 0 Å². The normalized spacial score (nSPS) is 23.5. The van der Waals surface area contributed by atoms with Crippen LogP contribution in [0.3, 0.4) is 0 Å². The molecule has 0 saturated carbocycles. The third-order valence-corrected chi connectivity index (χ3v) is 4.93. The number of hydrogen-bond acceptors (Lipinski definition) is 4. The predicted molar refractivity (Wildman–Crippen MR) is 81.5 cm³/mol. The number of hydrogen-bond donors (Lipinski definition) is 2. The largest absolute Gasteiger partial charge is 0.358 e. The van der Waals surface area contributed by atoms with E-state index in [-0.39, 0.29) is 18.5 Å². The number of rotatable bonds is 4. The van der Waals surface area contributed by atoms with Crippen molar-refractivity contribution in [2.75, 3.05) is 13.6 Å². The fraction of sp³-hybridized carbons (Fsp3) is 0.357. The van der Waals surface area contributed by atoms with E-state index in [1.54, 1.807) is 12.1 Å². The smallest absolute Gasteiger partial charge is 0.238 e. The molecule has 0 aliphatic carbocycles. The Kier molecular flexibility index (Phi) is 4.76. The van der Waals surface area contributed by atoms with Gasteiger partial charge in [0.25, 0.3) is 0 Å². The Morgan fingerprint density at radius 3 is 2.67 bits per heavy atom. The first-order chi connectivity index (χ1) is 9.94. The van der Waals surface area contributed by atoms with Crippen molar-refractivity contribution in [1.82, 2.24) is 9.62 Å². The number of carbonyl (C=O) groups is 1. The van der Waals surface area contributed by atoms with Crippen molar-refractivity contribution in [3.05, 3.63) is 41.3 Å². The van der Waals surface area contributed by atoms with E-state index in [0.29, 0.717) is 6.42 Å². The van der Waals surface area contributed by atoms with Crippen LogP contribution in [0.1, 0.15) is 12.0 Å². The molecule has 2 rings (SSSR count). The molecule has 0 unspecified atom stereocenters. The zero-order valence-corrected chi connectivity index (χ0v) is 12.6. The molecule has 0 spiro atoms. The Morgan fingerprint density at radius 2 is 2.05 bits per heavy atom. The third-order valence-electron chi connectivity index (χ3n) is 3.40. The zero-order valence-electron chi connectivity index (χ0n) is 11.8. The van der Waals surface area contributed by atoms with Crippen molar-refractivity contribution in [3.8, 4) is 0 Å². The highest BCUT2D eigenvalue weighted by Gasteiger charge is 2.40. The molecule has 1 heterocycles. The second-order valence-electron chi connectivity index (χ2n) is 4.95. The van der Waals surface area contributed by atoms with Crippen LogP contribution in [0.2, 0.25) is 0 Å². The van der Waals surface area contributed by atoms with Crippen LogP contribution in [0.25, 0.3) is 6.08 Å². The van der Waals surface area contributed by atoms with Gasteiger partial charge >= 0.3 is 0 Å². The van der Waals surface area contributed by atoms with Gasteiger partial charge in [0, 0.05) is 25.0 Å². The maximum Gasteiger partial charge on any atom is 0.238 e. The van der Waals surface area contributed by atoms with E-state index >= 15 is 0 Å². The maximum absolute atomic E-state index is 12.4. The molecular formula is C14H19N3O3S. The summed E-state index contributed by atoms with van der Waals surface area (Å²) >= 11 is 0. The SMILES string of the molecule is CNC(=O)[C@@H]1C[C@@H](N)CN1S(=O)(=O)/C=C/c1ccccc1. The number of likely N-dealkylation sites (N-methyl/N-ethyl adjacent to an activating group) is 1. The second kappa shape index (κ2) is 6.38. The van der Waals surface area contributed by atoms with Gasteiger partial charge in [0.2, 0.25) is 15.9 Å². The van der Waals surface area contributed by atoms with Crippen molar-refractivity contribution in [1.29, 1.82) is 0 Å². The topological polar surface area (TPSA) is 92.5 Å². The molecule has 0 aromatic heterocycles. The molecule has 114 valence electrons. The summed E-state index contributed by atoms with van der Waals surface area (Å²) in [7, 11) is -2.20. The lowest BCUT2D eigenvalue weighted by molar-refractivity contribution is -0.123. The van der Waals surface area contributed by atoms with E-state index < -0.39 is 16.1 Å². The van der Waals surface area contributed by atoms with Gasteiger partial charge < -0.3 is 11.1 Å². The van der Waals surface area contributed by atoms with Gasteiger partial charge in [-0.2, -0.15) is 4.31 Å². The molecule has 1 saturated heterocycles. The second-order valence-corrected chi connectivity index (χ2v) is 6.73. The Hall–Kier alpha value is -1.70. The molecule has 1 amide bonds. The molecule has 3 N–H and O–H groups in total. The van der Waals surface area contributed by atoms with Crippen LogP contribution in [0.15, 0.2) is 35.7 Å². The first kappa shape index (κ1) is 15.7. The highest BCUT2D eigenvalue weighted by Crippen LogP contribution is 2.22. The lowest BCUT2D eigenvalue weighted by Crippen LogP contribution is -2.44. The minimum absolute atomic E-state index is 0.152. The highest BCUT2D eigenvalue weighted by molar-refractivity contribution is 7.92. The van der Waals surface area contributed by atoms with Crippen molar-refractivity contribution >= 4 is 22.0 Å². The number of amides is 1. The first-order valence-electron chi connectivity index (χ1n) is 6.66. The van der Waals surface area contributed by atoms with E-state index in [1.165, 1.54) is 13.1 Å². The fourth-order valence-corrected chi connectivity index (χ4v) is 3.75. The van der Waals surface area contributed by atoms with Crippen molar-refractivity contribution in [2.24, 2.45) is 5.73 Å². The minimum atomic E-state index is -3.68. The van der Waals surface area contributed by atoms with Crippen LogP contribution in [0, 0.1) is 0 Å². The Labute approximate surface area is 124 Å². The van der Waals surface area contributed by atoms with E-state index in [9.17, 15) is 13.2 Å². The summed E-state index contributed by atoms with van der Waals surface area (Å²) in [5, 5.41) is 3.60. The summed E-state index contributed by atoms with van der Waals surface area (Å²) in [6.45, 7) is 0.152. The van der Waals surface area contributed by atoms with Gasteiger partial charge in [-0.25, -0.2) is 8.42 Å². The van der Waals surface area contributed by atoms with Crippen LogP contribution in [0.5, 0.6) is 0 Å². The molecule has 0 bridgehead atoms. The van der Waals surface area contributed by atoms with E-state index in [2.05, 4.69) is 5.32 Å². The molecular weight excluding hydrogens is 290 g/mol. The summed E-state index contributed by atoms with van der Waals surface area (Å²) in [5.41, 5.74) is 6.58. The van der Waals surface area contributed by atoms with Gasteiger partial charge in [-0.3, -0.25) is 4.79 Å². The van der Waals surface area contributed by atoms with E-state index in [0.717, 1.165) is 15.3 Å². The van der Waals surface area contributed by atoms with Crippen LogP contribution < -0.4 is 11.1 Å². The third kappa shape index (κ3) is 3.69. The molecule has 7 heteroatoms. The molecule has 1 fully saturated rings. The molecule has 1 aromatic rings. The van der Waals surface area contributed by atoms with Gasteiger partial charge in [-0.05, 0) is 18.1 Å². The minimum Gasteiger partial charge on any atom is -0.358 e. The predicted octanol–water partition coefficient (Wildman–Crippen LogP) is 0.135. The number of carbonyl (C=O) groups excluding carboxylic acids is 1. The summed E-state index contributed by atoms with van der Waals surface area (Å²) in [6, 6.07) is 8.04. The standard InChI is InChI=1S/C14H19N3O3S/c1-16-14(18)13-9-12(15)10-17(13)21(19,20)8-7-11-5-3-2-4-6-11/h2-8,12-13H,9-10,15H2,1H3,(H,16,18)/b8-7+/t12-,13+/m1/s1. The first-order valence-corrected chi connectivity index (χ1v) is 8.16. The van der Waals surface area contributed by atoms with Crippen LogP contribution >= 0.6 is 0 Å². The van der Waals surface area contributed by atoms with Crippen molar-refractivity contribution < 1.29 is 13.2 Å². The summed E-state index contributed by atoms with van der Waals surface area (Å²) in [6.07, 6.45) is 1.85. The molecule has 21 heavy (non-hydrogen) atoms. The monoisotopic (exact) mass is 309 g/mol. The Morgan fingerprint density at radius 1 is 1.38 bits per heavy atom. The summed E-state index contributed by atoms with van der Waals surface area (Å²) in [4.78, 5) is 11.8. The molecule has 2 atom stereocenters. The zero-order chi connectivity index (χ0) is 15.5. The molecule has 1 aliphatic rings. The highest BCUT2D eigenvalue weighted by atomic mass is 32.2. The molecule has 1 aromatic carbocycles. The number of nitrogens with zero attached hydrogens (tertiary/aromatic N) is 1. The van der Waals surface area contributed by atoms with E-state index in [4.69, 9.17) is 5.73 Å². The van der Waals surface area contributed by atoms with Crippen LogP contribution in [-0.2, 0) is 14.8 Å². The number of nitrogens with two attached hydrogens (primary N) is 1. The van der Waals surface area contributed by atoms with Gasteiger partial charge in [0.1, 0.15) is 6.04 Å². The lowest BCUT2D eigenvalue weighted by atomic mass is 10.2. The Bertz CT molecular complexity index is 628.